The van der Waals surface area contributed by atoms with E-state index in [0.717, 1.165) is 18.1 Å². The Morgan fingerprint density at radius 1 is 1.57 bits per heavy atom. The van der Waals surface area contributed by atoms with Crippen LogP contribution in [0, 0.1) is 17.0 Å². The third-order valence-corrected chi connectivity index (χ3v) is 6.79. The first-order chi connectivity index (χ1) is 11.1. The molecule has 1 aliphatic rings. The lowest BCUT2D eigenvalue weighted by molar-refractivity contribution is -0.392. The monoisotopic (exact) mass is 358 g/mol. The van der Waals surface area contributed by atoms with Gasteiger partial charge in [0.15, 0.2) is 5.82 Å². The minimum absolute atomic E-state index is 0.0128. The van der Waals surface area contributed by atoms with Crippen LogP contribution in [0.1, 0.15) is 37.9 Å². The first kappa shape index (κ1) is 18.1. The summed E-state index contributed by atoms with van der Waals surface area (Å²) in [6, 6.07) is 0. The molecule has 9 heteroatoms. The predicted molar refractivity (Wildman–Crippen MR) is 93.6 cm³/mol. The van der Waals surface area contributed by atoms with E-state index in [1.165, 1.54) is 29.4 Å². The molecule has 0 radical (unpaired) electrons. The van der Waals surface area contributed by atoms with E-state index in [1.807, 2.05) is 21.6 Å². The number of nitrogens with one attached hydrogen (secondary N) is 1. The zero-order chi connectivity index (χ0) is 16.7. The van der Waals surface area contributed by atoms with Crippen LogP contribution >= 0.6 is 21.6 Å². The second-order valence-corrected chi connectivity index (χ2v) is 8.28. The molecule has 1 aromatic rings. The van der Waals surface area contributed by atoms with Crippen molar-refractivity contribution in [3.8, 4) is 0 Å². The summed E-state index contributed by atoms with van der Waals surface area (Å²) in [5.41, 5.74) is 0. The summed E-state index contributed by atoms with van der Waals surface area (Å²) >= 11 is 0. The van der Waals surface area contributed by atoms with E-state index in [2.05, 4.69) is 10.3 Å². The molecule has 1 saturated heterocycles. The molecule has 1 aliphatic heterocycles. The lowest BCUT2D eigenvalue weighted by atomic mass is 10.1. The molecule has 7 nitrogen and oxygen atoms in total. The largest absolute Gasteiger partial charge is 0.358 e. The molecule has 1 N–H and O–H groups in total. The molecule has 1 amide bonds. The van der Waals surface area contributed by atoms with Crippen molar-refractivity contribution in [3.63, 3.8) is 0 Å². The first-order valence-electron chi connectivity index (χ1n) is 7.79. The summed E-state index contributed by atoms with van der Waals surface area (Å²) < 4.78 is 1.51. The Labute approximate surface area is 143 Å². The molecule has 128 valence electrons. The number of imidazole rings is 1. The fourth-order valence-electron chi connectivity index (χ4n) is 2.50. The predicted octanol–water partition coefficient (Wildman–Crippen LogP) is 2.93. The van der Waals surface area contributed by atoms with Crippen molar-refractivity contribution in [1.82, 2.24) is 14.9 Å². The Bertz CT molecular complexity index is 544. The van der Waals surface area contributed by atoms with Crippen molar-refractivity contribution in [2.75, 3.05) is 12.3 Å². The molecule has 1 atom stereocenters. The van der Waals surface area contributed by atoms with Crippen LogP contribution in [0.3, 0.4) is 0 Å². The molecular formula is C14H22N4O3S2. The zero-order valence-electron chi connectivity index (χ0n) is 13.2. The summed E-state index contributed by atoms with van der Waals surface area (Å²) in [7, 11) is 3.91. The number of unbranched alkanes of at least 4 members (excludes halogenated alkanes) is 1. The maximum Gasteiger partial charge on any atom is 0.342 e. The highest BCUT2D eigenvalue weighted by Gasteiger charge is 2.17. The summed E-state index contributed by atoms with van der Waals surface area (Å²) in [6.07, 6.45) is 6.22. The Balaban J connectivity index is 1.61. The number of aromatic nitrogens is 2. The Morgan fingerprint density at radius 3 is 3.09 bits per heavy atom. The summed E-state index contributed by atoms with van der Waals surface area (Å²) in [5, 5.41) is 14.5. The summed E-state index contributed by atoms with van der Waals surface area (Å²) in [6.45, 7) is 2.46. The molecule has 0 saturated carbocycles. The molecule has 1 unspecified atom stereocenters. The number of hydrogen-bond donors (Lipinski definition) is 1. The van der Waals surface area contributed by atoms with E-state index >= 15 is 0 Å². The fourth-order valence-corrected chi connectivity index (χ4v) is 5.52. The summed E-state index contributed by atoms with van der Waals surface area (Å²) in [4.78, 5) is 26.1. The van der Waals surface area contributed by atoms with Gasteiger partial charge in [0.1, 0.15) is 12.7 Å². The highest BCUT2D eigenvalue weighted by Crippen LogP contribution is 2.39. The van der Waals surface area contributed by atoms with E-state index in [4.69, 9.17) is 0 Å². The van der Waals surface area contributed by atoms with E-state index < -0.39 is 4.92 Å². The quantitative estimate of drug-likeness (QED) is 0.316. The van der Waals surface area contributed by atoms with Crippen LogP contribution in [0.15, 0.2) is 6.20 Å². The maximum atomic E-state index is 11.8. The van der Waals surface area contributed by atoms with Crippen molar-refractivity contribution in [1.29, 1.82) is 0 Å². The lowest BCUT2D eigenvalue weighted by Gasteiger charge is -2.07. The van der Waals surface area contributed by atoms with Crippen molar-refractivity contribution in [2.45, 2.75) is 50.8 Å². The number of hydrogen-bond acceptors (Lipinski definition) is 6. The highest BCUT2D eigenvalue weighted by molar-refractivity contribution is 8.77. The van der Waals surface area contributed by atoms with Crippen LogP contribution < -0.4 is 5.32 Å². The maximum absolute atomic E-state index is 11.8. The SMILES string of the molecule is Cc1ncc([N+](=O)[O-])n1CCNC(=O)CCCCC1CCSS1. The second-order valence-electron chi connectivity index (χ2n) is 5.50. The van der Waals surface area contributed by atoms with Crippen LogP contribution in [0.4, 0.5) is 5.82 Å². The normalized spacial score (nSPS) is 17.3. The highest BCUT2D eigenvalue weighted by atomic mass is 33.1. The first-order valence-corrected chi connectivity index (χ1v) is 10.2. The number of nitro groups is 1. The second kappa shape index (κ2) is 9.17. The van der Waals surface area contributed by atoms with Gasteiger partial charge in [0.25, 0.3) is 0 Å². The van der Waals surface area contributed by atoms with Crippen LogP contribution in [-0.2, 0) is 11.3 Å². The van der Waals surface area contributed by atoms with E-state index in [1.54, 1.807) is 6.92 Å². The molecule has 2 heterocycles. The Kier molecular flexibility index (Phi) is 7.22. The Morgan fingerprint density at radius 2 is 2.39 bits per heavy atom. The molecule has 0 aliphatic carbocycles. The third-order valence-electron chi connectivity index (χ3n) is 3.79. The zero-order valence-corrected chi connectivity index (χ0v) is 14.8. The van der Waals surface area contributed by atoms with Crippen LogP contribution in [0.5, 0.6) is 0 Å². The van der Waals surface area contributed by atoms with Crippen molar-refractivity contribution in [3.05, 3.63) is 22.1 Å². The molecule has 0 spiro atoms. The Hall–Kier alpha value is -1.22. The van der Waals surface area contributed by atoms with Crippen molar-refractivity contribution in [2.24, 2.45) is 0 Å². The smallest absolute Gasteiger partial charge is 0.342 e. The molecule has 1 fully saturated rings. The van der Waals surface area contributed by atoms with Gasteiger partial charge in [-0.05, 0) is 24.2 Å². The molecule has 0 bridgehead atoms. The van der Waals surface area contributed by atoms with Gasteiger partial charge in [-0.25, -0.2) is 9.55 Å². The standard InChI is InChI=1S/C14H22N4O3S2/c1-11-16-10-14(18(20)21)17(11)8-7-15-13(19)5-3-2-4-12-6-9-22-23-12/h10,12H,2-9H2,1H3,(H,15,19). The number of aryl methyl sites for hydroxylation is 1. The van der Waals surface area contributed by atoms with E-state index in [0.29, 0.717) is 25.3 Å². The van der Waals surface area contributed by atoms with Crippen LogP contribution in [0.2, 0.25) is 0 Å². The average molecular weight is 358 g/mol. The van der Waals surface area contributed by atoms with Gasteiger partial charge in [-0.1, -0.05) is 28.0 Å². The van der Waals surface area contributed by atoms with Gasteiger partial charge in [0.05, 0.1) is 6.54 Å². The third kappa shape index (κ3) is 5.72. The van der Waals surface area contributed by atoms with Gasteiger partial charge in [0.2, 0.25) is 5.91 Å². The number of carbonyl (C=O) groups excluding carboxylic acids is 1. The average Bonchev–Trinajstić information content (AvgIpc) is 3.14. The molecule has 1 aromatic heterocycles. The number of rotatable bonds is 9. The molecule has 0 aromatic carbocycles. The molecule has 2 rings (SSSR count). The topological polar surface area (TPSA) is 90.1 Å². The van der Waals surface area contributed by atoms with Crippen LogP contribution in [-0.4, -0.2) is 37.9 Å². The number of nitrogens with zero attached hydrogens (tertiary/aromatic N) is 3. The van der Waals surface area contributed by atoms with Gasteiger partial charge in [-0.2, -0.15) is 0 Å². The van der Waals surface area contributed by atoms with Gasteiger partial charge < -0.3 is 15.4 Å². The van der Waals surface area contributed by atoms with Gasteiger partial charge >= 0.3 is 5.82 Å². The van der Waals surface area contributed by atoms with E-state index in [-0.39, 0.29) is 11.7 Å². The van der Waals surface area contributed by atoms with Gasteiger partial charge in [-0.15, -0.1) is 0 Å². The number of carbonyl (C=O) groups is 1. The van der Waals surface area contributed by atoms with Crippen LogP contribution in [0.25, 0.3) is 0 Å². The lowest BCUT2D eigenvalue weighted by Crippen LogP contribution is -2.27. The number of amides is 1. The van der Waals surface area contributed by atoms with Gasteiger partial charge in [-0.3, -0.25) is 4.79 Å². The van der Waals surface area contributed by atoms with Crippen molar-refractivity contribution < 1.29 is 9.72 Å². The minimum atomic E-state index is -0.457. The molecular weight excluding hydrogens is 336 g/mol. The van der Waals surface area contributed by atoms with Crippen molar-refractivity contribution >= 4 is 33.3 Å². The van der Waals surface area contributed by atoms with Gasteiger partial charge in [0, 0.05) is 24.3 Å². The fraction of sp³-hybridized carbons (Fsp3) is 0.714. The summed E-state index contributed by atoms with van der Waals surface area (Å²) in [5.74, 6) is 1.80. The minimum Gasteiger partial charge on any atom is -0.358 e. The van der Waals surface area contributed by atoms with E-state index in [9.17, 15) is 14.9 Å². The molecule has 23 heavy (non-hydrogen) atoms.